The zero-order valence-corrected chi connectivity index (χ0v) is 18.8. The van der Waals surface area contributed by atoms with Crippen molar-refractivity contribution < 1.29 is 14.4 Å². The van der Waals surface area contributed by atoms with Crippen molar-refractivity contribution in [1.29, 1.82) is 0 Å². The average molecular weight is 441 g/mol. The summed E-state index contributed by atoms with van der Waals surface area (Å²) in [5.41, 5.74) is 2.80. The molecule has 0 spiro atoms. The van der Waals surface area contributed by atoms with E-state index in [1.54, 1.807) is 60.7 Å². The number of unbranched alkanes of at least 4 members (excludes halogenated alkanes) is 4. The normalized spacial score (nSPS) is 12.2. The van der Waals surface area contributed by atoms with Gasteiger partial charge in [-0.1, -0.05) is 75.1 Å². The minimum absolute atomic E-state index is 0.204. The summed E-state index contributed by atoms with van der Waals surface area (Å²) in [5.74, 6) is -0.784. The highest BCUT2D eigenvalue weighted by atomic mass is 16.2. The zero-order chi connectivity index (χ0) is 23.2. The van der Waals surface area contributed by atoms with E-state index in [2.05, 4.69) is 17.6 Å². The van der Waals surface area contributed by atoms with Gasteiger partial charge in [-0.15, -0.1) is 0 Å². The second-order valence-corrected chi connectivity index (χ2v) is 8.28. The molecule has 1 aliphatic carbocycles. The van der Waals surface area contributed by atoms with Gasteiger partial charge in [0, 0.05) is 28.9 Å². The summed E-state index contributed by atoms with van der Waals surface area (Å²) in [4.78, 5) is 39.7. The van der Waals surface area contributed by atoms with Crippen LogP contribution in [0.4, 0.5) is 11.4 Å². The van der Waals surface area contributed by atoms with Crippen molar-refractivity contribution >= 4 is 28.8 Å². The maximum absolute atomic E-state index is 13.5. The van der Waals surface area contributed by atoms with Crippen molar-refractivity contribution in [3.05, 3.63) is 94.5 Å². The fourth-order valence-corrected chi connectivity index (χ4v) is 4.21. The van der Waals surface area contributed by atoms with Crippen LogP contribution in [0.25, 0.3) is 0 Å². The standard InChI is InChI=1S/C28H28N2O3/c1-2-3-4-5-11-18-29-22-16-17-23(30-28(33)19-12-7-6-8-13-19)25-24(22)26(31)20-14-9-10-15-21(20)27(25)32/h6-10,12-17,29H,2-5,11,18H2,1H3,(H,30,33). The number of benzene rings is 3. The third kappa shape index (κ3) is 4.72. The topological polar surface area (TPSA) is 75.3 Å². The number of nitrogens with one attached hydrogen (secondary N) is 2. The number of carbonyl (C=O) groups is 3. The second-order valence-electron chi connectivity index (χ2n) is 8.28. The first-order chi connectivity index (χ1) is 16.1. The molecule has 4 rings (SSSR count). The monoisotopic (exact) mass is 440 g/mol. The summed E-state index contributed by atoms with van der Waals surface area (Å²) in [6.45, 7) is 2.90. The molecule has 3 aromatic carbocycles. The number of hydrogen-bond acceptors (Lipinski definition) is 4. The van der Waals surface area contributed by atoms with Gasteiger partial charge in [-0.2, -0.15) is 0 Å². The molecule has 2 N–H and O–H groups in total. The zero-order valence-electron chi connectivity index (χ0n) is 18.8. The minimum Gasteiger partial charge on any atom is -0.384 e. The lowest BCUT2D eigenvalue weighted by Gasteiger charge is -2.23. The molecule has 33 heavy (non-hydrogen) atoms. The van der Waals surface area contributed by atoms with Gasteiger partial charge in [0.1, 0.15) is 0 Å². The Morgan fingerprint density at radius 2 is 1.27 bits per heavy atom. The van der Waals surface area contributed by atoms with E-state index in [4.69, 9.17) is 0 Å². The van der Waals surface area contributed by atoms with Crippen molar-refractivity contribution in [3.8, 4) is 0 Å². The molecule has 1 amide bonds. The van der Waals surface area contributed by atoms with Crippen molar-refractivity contribution in [1.82, 2.24) is 0 Å². The Kier molecular flexibility index (Phi) is 6.98. The number of rotatable bonds is 9. The molecule has 0 aliphatic heterocycles. The van der Waals surface area contributed by atoms with E-state index >= 15 is 0 Å². The van der Waals surface area contributed by atoms with Gasteiger partial charge in [0.25, 0.3) is 5.91 Å². The van der Waals surface area contributed by atoms with Gasteiger partial charge >= 0.3 is 0 Å². The van der Waals surface area contributed by atoms with Crippen LogP contribution in [-0.2, 0) is 0 Å². The van der Waals surface area contributed by atoms with E-state index in [1.807, 2.05) is 6.07 Å². The molecule has 0 fully saturated rings. The van der Waals surface area contributed by atoms with E-state index < -0.39 is 0 Å². The second kappa shape index (κ2) is 10.3. The number of fused-ring (bicyclic) bond motifs is 2. The smallest absolute Gasteiger partial charge is 0.255 e. The lowest BCUT2D eigenvalue weighted by atomic mass is 9.82. The summed E-state index contributed by atoms with van der Waals surface area (Å²) in [6, 6.07) is 19.1. The van der Waals surface area contributed by atoms with Crippen LogP contribution in [0.15, 0.2) is 66.7 Å². The van der Waals surface area contributed by atoms with Gasteiger partial charge < -0.3 is 10.6 Å². The number of amides is 1. The van der Waals surface area contributed by atoms with Crippen LogP contribution in [0.1, 0.15) is 81.2 Å². The molecular formula is C28H28N2O3. The predicted octanol–water partition coefficient (Wildman–Crippen LogP) is 6.10. The van der Waals surface area contributed by atoms with E-state index in [0.29, 0.717) is 33.6 Å². The molecule has 1 aliphatic rings. The van der Waals surface area contributed by atoms with Crippen LogP contribution in [-0.4, -0.2) is 24.0 Å². The van der Waals surface area contributed by atoms with Crippen LogP contribution < -0.4 is 10.6 Å². The first-order valence-corrected chi connectivity index (χ1v) is 11.6. The SMILES string of the molecule is CCCCCCCNc1ccc(NC(=O)c2ccccc2)c2c1C(=O)c1ccccc1C2=O. The van der Waals surface area contributed by atoms with Crippen molar-refractivity contribution in [3.63, 3.8) is 0 Å². The largest absolute Gasteiger partial charge is 0.384 e. The molecule has 0 radical (unpaired) electrons. The molecule has 5 nitrogen and oxygen atoms in total. The predicted molar refractivity (Wildman–Crippen MR) is 131 cm³/mol. The van der Waals surface area contributed by atoms with E-state index in [-0.39, 0.29) is 23.0 Å². The fourth-order valence-electron chi connectivity index (χ4n) is 4.21. The fraction of sp³-hybridized carbons (Fsp3) is 0.250. The number of hydrogen-bond donors (Lipinski definition) is 2. The Labute approximate surface area is 194 Å². The summed E-state index contributed by atoms with van der Waals surface area (Å²) in [6.07, 6.45) is 5.69. The summed E-state index contributed by atoms with van der Waals surface area (Å²) in [5, 5.41) is 6.20. The van der Waals surface area contributed by atoms with Gasteiger partial charge in [0.2, 0.25) is 0 Å². The molecule has 168 valence electrons. The van der Waals surface area contributed by atoms with Crippen molar-refractivity contribution in [2.45, 2.75) is 39.0 Å². The molecule has 0 heterocycles. The molecule has 5 heteroatoms. The Bertz CT molecular complexity index is 1190. The van der Waals surface area contributed by atoms with Crippen LogP contribution >= 0.6 is 0 Å². The third-order valence-electron chi connectivity index (χ3n) is 5.96. The van der Waals surface area contributed by atoms with Gasteiger partial charge in [-0.3, -0.25) is 14.4 Å². The van der Waals surface area contributed by atoms with Crippen LogP contribution in [0.5, 0.6) is 0 Å². The maximum atomic E-state index is 13.5. The Balaban J connectivity index is 1.67. The van der Waals surface area contributed by atoms with E-state index in [1.165, 1.54) is 19.3 Å². The van der Waals surface area contributed by atoms with E-state index in [0.717, 1.165) is 19.4 Å². The summed E-state index contributed by atoms with van der Waals surface area (Å²) >= 11 is 0. The van der Waals surface area contributed by atoms with Gasteiger partial charge in [-0.25, -0.2) is 0 Å². The van der Waals surface area contributed by atoms with Crippen molar-refractivity contribution in [2.75, 3.05) is 17.2 Å². The van der Waals surface area contributed by atoms with Gasteiger partial charge in [0.05, 0.1) is 16.8 Å². The number of carbonyl (C=O) groups excluding carboxylic acids is 3. The Hall–Kier alpha value is -3.73. The Morgan fingerprint density at radius 3 is 1.94 bits per heavy atom. The summed E-state index contributed by atoms with van der Waals surface area (Å²) < 4.78 is 0. The van der Waals surface area contributed by atoms with Crippen LogP contribution in [0, 0.1) is 0 Å². The first kappa shape index (κ1) is 22.5. The highest BCUT2D eigenvalue weighted by Gasteiger charge is 2.34. The molecule has 0 atom stereocenters. The van der Waals surface area contributed by atoms with Gasteiger partial charge in [0.15, 0.2) is 11.6 Å². The highest BCUT2D eigenvalue weighted by molar-refractivity contribution is 6.32. The molecule has 3 aromatic rings. The Morgan fingerprint density at radius 1 is 0.697 bits per heavy atom. The number of ketones is 2. The highest BCUT2D eigenvalue weighted by Crippen LogP contribution is 2.36. The summed E-state index contributed by atoms with van der Waals surface area (Å²) in [7, 11) is 0. The minimum atomic E-state index is -0.325. The number of anilines is 2. The molecule has 0 saturated carbocycles. The van der Waals surface area contributed by atoms with Crippen LogP contribution in [0.3, 0.4) is 0 Å². The lowest BCUT2D eigenvalue weighted by Crippen LogP contribution is -2.25. The molecule has 0 unspecified atom stereocenters. The quantitative estimate of drug-likeness (QED) is 0.309. The molecule has 0 bridgehead atoms. The molecular weight excluding hydrogens is 412 g/mol. The van der Waals surface area contributed by atoms with E-state index in [9.17, 15) is 14.4 Å². The molecule has 0 aromatic heterocycles. The average Bonchev–Trinajstić information content (AvgIpc) is 2.85. The maximum Gasteiger partial charge on any atom is 0.255 e. The third-order valence-corrected chi connectivity index (χ3v) is 5.96. The lowest BCUT2D eigenvalue weighted by molar-refractivity contribution is 0.0979. The van der Waals surface area contributed by atoms with Crippen LogP contribution in [0.2, 0.25) is 0 Å². The van der Waals surface area contributed by atoms with Crippen molar-refractivity contribution in [2.24, 2.45) is 0 Å². The van der Waals surface area contributed by atoms with Gasteiger partial charge in [-0.05, 0) is 30.7 Å². The first-order valence-electron chi connectivity index (χ1n) is 11.6. The molecule has 0 saturated heterocycles.